The quantitative estimate of drug-likeness (QED) is 0.258. The van der Waals surface area contributed by atoms with Gasteiger partial charge in [-0.15, -0.1) is 0 Å². The second kappa shape index (κ2) is 15.0. The number of carbonyl (C=O) groups is 3. The van der Waals surface area contributed by atoms with Crippen molar-refractivity contribution in [2.75, 3.05) is 68.8 Å². The molecule has 7 aliphatic rings. The largest absolute Gasteiger partial charge is 0.489 e. The number of hydrogen-bond acceptors (Lipinski definition) is 11. The zero-order valence-electron chi connectivity index (χ0n) is 34.3. The van der Waals surface area contributed by atoms with Crippen LogP contribution in [-0.4, -0.2) is 137 Å². The number of aromatic nitrogens is 3. The Morgan fingerprint density at radius 3 is 2.62 bits per heavy atom. The second-order valence-electron chi connectivity index (χ2n) is 18.3. The summed E-state index contributed by atoms with van der Waals surface area (Å²) in [5.74, 6) is 0.907. The average molecular weight is 836 g/mol. The van der Waals surface area contributed by atoms with Gasteiger partial charge in [-0.2, -0.15) is 0 Å². The number of H-pyrrole nitrogens is 1. The van der Waals surface area contributed by atoms with Crippen LogP contribution in [0.3, 0.4) is 0 Å². The first-order valence-electron chi connectivity index (χ1n) is 21.9. The lowest BCUT2D eigenvalue weighted by Gasteiger charge is -2.46. The molecule has 14 nitrogen and oxygen atoms in total. The highest BCUT2D eigenvalue weighted by atomic mass is 19.3. The maximum atomic E-state index is 13.9. The number of piperazine rings is 1. The molecule has 16 heteroatoms. The molecule has 61 heavy (non-hydrogen) atoms. The van der Waals surface area contributed by atoms with Gasteiger partial charge in [-0.05, 0) is 74.3 Å². The van der Waals surface area contributed by atoms with Gasteiger partial charge in [0.25, 0.3) is 12.3 Å². The summed E-state index contributed by atoms with van der Waals surface area (Å²) in [5, 5.41) is 3.52. The minimum Gasteiger partial charge on any atom is -0.489 e. The summed E-state index contributed by atoms with van der Waals surface area (Å²) < 4.78 is 40.8. The standard InChI is InChI=1S/C45H51F2N9O5/c1-26-14-33-31-4-2-3-5-34(31)50-40(33)41(55(26)23-38(46)47)29-18-48-44(49-19-29)53-10-8-45(9-11-53)17-27(24-61-45)20-52-12-13-54-30(22-52)25-60-37-16-32-28(15-36(37)54)21-56(43(32)59)35-6-7-39(57)51-42(35)58/h2-5,15-16,18-19,26-27,30,35,38,41,50H,6-14,17,20-25H2,1H3,(H,51,57,58)/t26-,27-,30-,35+,41-/m0/s1. The van der Waals surface area contributed by atoms with Gasteiger partial charge in [-0.25, -0.2) is 18.7 Å². The number of rotatable bonds is 7. The van der Waals surface area contributed by atoms with Crippen molar-refractivity contribution >= 4 is 40.3 Å². The van der Waals surface area contributed by atoms with E-state index in [1.807, 2.05) is 48.5 Å². The van der Waals surface area contributed by atoms with Crippen LogP contribution in [0.2, 0.25) is 0 Å². The van der Waals surface area contributed by atoms with E-state index in [1.165, 1.54) is 5.56 Å². The Morgan fingerprint density at radius 1 is 1.00 bits per heavy atom. The van der Waals surface area contributed by atoms with Gasteiger partial charge in [0.2, 0.25) is 17.8 Å². The van der Waals surface area contributed by atoms with E-state index in [0.717, 1.165) is 98.5 Å². The van der Waals surface area contributed by atoms with Gasteiger partial charge in [0.1, 0.15) is 18.4 Å². The summed E-state index contributed by atoms with van der Waals surface area (Å²) >= 11 is 0. The Morgan fingerprint density at radius 2 is 1.82 bits per heavy atom. The van der Waals surface area contributed by atoms with Crippen LogP contribution in [0.4, 0.5) is 20.4 Å². The number of amides is 3. The normalized spacial score (nSPS) is 27.6. The summed E-state index contributed by atoms with van der Waals surface area (Å²) in [5.41, 5.74) is 6.26. The molecule has 2 N–H and O–H groups in total. The number of fused-ring (bicyclic) bond motifs is 7. The monoisotopic (exact) mass is 835 g/mol. The Bertz CT molecular complexity index is 2390. The number of para-hydroxylation sites is 1. The fourth-order valence-corrected chi connectivity index (χ4v) is 11.5. The zero-order chi connectivity index (χ0) is 41.6. The highest BCUT2D eigenvalue weighted by Gasteiger charge is 2.46. The average Bonchev–Trinajstić information content (AvgIpc) is 3.93. The minimum absolute atomic E-state index is 0.0690. The number of piperidine rings is 2. The van der Waals surface area contributed by atoms with Crippen LogP contribution in [0, 0.1) is 5.92 Å². The molecule has 4 fully saturated rings. The molecule has 320 valence electrons. The number of alkyl halides is 2. The highest BCUT2D eigenvalue weighted by molar-refractivity contribution is 6.06. The molecule has 0 aliphatic carbocycles. The number of nitrogens with zero attached hydrogens (tertiary/aromatic N) is 7. The number of carbonyl (C=O) groups excluding carboxylic acids is 3. The fourth-order valence-electron chi connectivity index (χ4n) is 11.5. The molecule has 4 aromatic rings. The molecule has 0 radical (unpaired) electrons. The van der Waals surface area contributed by atoms with Gasteiger partial charge in [0.15, 0.2) is 0 Å². The van der Waals surface area contributed by atoms with Crippen LogP contribution in [0.15, 0.2) is 48.8 Å². The molecule has 0 saturated carbocycles. The molecule has 9 heterocycles. The maximum absolute atomic E-state index is 13.9. The molecule has 5 atom stereocenters. The number of aromatic amines is 1. The summed E-state index contributed by atoms with van der Waals surface area (Å²) in [4.78, 5) is 61.6. The lowest BCUT2D eigenvalue weighted by molar-refractivity contribution is -0.136. The van der Waals surface area contributed by atoms with Gasteiger partial charge in [-0.3, -0.25) is 29.5 Å². The van der Waals surface area contributed by atoms with Crippen LogP contribution < -0.4 is 19.9 Å². The number of imide groups is 1. The van der Waals surface area contributed by atoms with Crippen molar-refractivity contribution in [3.63, 3.8) is 0 Å². The Hall–Kier alpha value is -5.19. The van der Waals surface area contributed by atoms with Crippen LogP contribution in [0.1, 0.15) is 77.8 Å². The summed E-state index contributed by atoms with van der Waals surface area (Å²) in [7, 11) is 0. The SMILES string of the molecule is C[C@H]1Cc2c([nH]c3ccccc23)[C@H](c2cnc(N3CCC4(CC3)C[C@@H](CN3CCN5c6cc7c(cc6OC[C@@H]5C3)C(=O)N([C@@H]3CCC(=O)NC3=O)C7)CO4)nc2)N1CC(F)F. The van der Waals surface area contributed by atoms with E-state index in [1.54, 1.807) is 4.90 Å². The number of halogens is 2. The van der Waals surface area contributed by atoms with Crippen LogP contribution >= 0.6 is 0 Å². The lowest BCUT2D eigenvalue weighted by atomic mass is 9.85. The van der Waals surface area contributed by atoms with Gasteiger partial charge in [0.05, 0.1) is 36.5 Å². The molecule has 0 bridgehead atoms. The molecule has 2 aromatic carbocycles. The van der Waals surface area contributed by atoms with E-state index < -0.39 is 18.4 Å². The van der Waals surface area contributed by atoms with Crippen LogP contribution in [-0.2, 0) is 27.3 Å². The Balaban J connectivity index is 0.702. The minimum atomic E-state index is -2.45. The molecular formula is C45H51F2N9O5. The molecule has 2 aromatic heterocycles. The van der Waals surface area contributed by atoms with Crippen molar-refractivity contribution in [3.05, 3.63) is 76.7 Å². The Labute approximate surface area is 352 Å². The van der Waals surface area contributed by atoms with Crippen molar-refractivity contribution in [1.29, 1.82) is 0 Å². The number of nitrogens with one attached hydrogen (secondary N) is 2. The van der Waals surface area contributed by atoms with Crippen molar-refractivity contribution in [2.24, 2.45) is 5.92 Å². The summed E-state index contributed by atoms with van der Waals surface area (Å²) in [6.45, 7) is 8.51. The molecule has 11 rings (SSSR count). The van der Waals surface area contributed by atoms with Crippen LogP contribution in [0.5, 0.6) is 5.75 Å². The van der Waals surface area contributed by atoms with Crippen molar-refractivity contribution in [1.82, 2.24) is 35.0 Å². The van der Waals surface area contributed by atoms with E-state index in [4.69, 9.17) is 19.4 Å². The van der Waals surface area contributed by atoms with Crippen molar-refractivity contribution in [3.8, 4) is 5.75 Å². The van der Waals surface area contributed by atoms with E-state index >= 15 is 0 Å². The van der Waals surface area contributed by atoms with Crippen molar-refractivity contribution < 1.29 is 32.6 Å². The number of anilines is 2. The van der Waals surface area contributed by atoms with Gasteiger partial charge >= 0.3 is 0 Å². The first-order chi connectivity index (χ1) is 29.6. The first kappa shape index (κ1) is 38.7. The van der Waals surface area contributed by atoms with E-state index in [2.05, 4.69) is 37.1 Å². The lowest BCUT2D eigenvalue weighted by Crippen LogP contribution is -2.58. The second-order valence-corrected chi connectivity index (χ2v) is 18.3. The predicted molar refractivity (Wildman–Crippen MR) is 222 cm³/mol. The van der Waals surface area contributed by atoms with E-state index in [-0.39, 0.29) is 48.5 Å². The smallest absolute Gasteiger partial charge is 0.255 e. The third-order valence-electron chi connectivity index (χ3n) is 14.5. The molecule has 7 aliphatic heterocycles. The van der Waals surface area contributed by atoms with Gasteiger partial charge < -0.3 is 29.2 Å². The van der Waals surface area contributed by atoms with Gasteiger partial charge in [-0.1, -0.05) is 18.2 Å². The van der Waals surface area contributed by atoms with E-state index in [9.17, 15) is 23.2 Å². The summed E-state index contributed by atoms with van der Waals surface area (Å²) in [6.07, 6.45) is 5.26. The number of benzene rings is 2. The summed E-state index contributed by atoms with van der Waals surface area (Å²) in [6, 6.07) is 11.1. The number of ether oxygens (including phenoxy) is 2. The van der Waals surface area contributed by atoms with Crippen molar-refractivity contribution in [2.45, 2.75) is 88.2 Å². The third-order valence-corrected chi connectivity index (χ3v) is 14.5. The molecule has 3 amide bonds. The molecule has 0 unspecified atom stereocenters. The zero-order valence-corrected chi connectivity index (χ0v) is 34.3. The topological polar surface area (TPSA) is 139 Å². The number of hydrogen-bond donors (Lipinski definition) is 2. The first-order valence-corrected chi connectivity index (χ1v) is 21.9. The predicted octanol–water partition coefficient (Wildman–Crippen LogP) is 4.28. The maximum Gasteiger partial charge on any atom is 0.255 e. The highest BCUT2D eigenvalue weighted by Crippen LogP contribution is 2.44. The third kappa shape index (κ3) is 6.81. The molecular weight excluding hydrogens is 785 g/mol. The Kier molecular flexibility index (Phi) is 9.53. The molecule has 1 spiro atoms. The van der Waals surface area contributed by atoms with E-state index in [0.29, 0.717) is 49.2 Å². The molecule has 4 saturated heterocycles. The van der Waals surface area contributed by atoms with Gasteiger partial charge in [0, 0.05) is 98.4 Å². The fraction of sp³-hybridized carbons (Fsp3) is 0.533. The van der Waals surface area contributed by atoms with Crippen LogP contribution in [0.25, 0.3) is 10.9 Å².